The zero-order valence-corrected chi connectivity index (χ0v) is 15.5. The van der Waals surface area contributed by atoms with E-state index in [-0.39, 0.29) is 11.8 Å². The van der Waals surface area contributed by atoms with Crippen LogP contribution in [0.25, 0.3) is 5.65 Å². The van der Waals surface area contributed by atoms with Gasteiger partial charge in [-0.05, 0) is 44.7 Å². The van der Waals surface area contributed by atoms with Gasteiger partial charge < -0.3 is 10.6 Å². The Hall–Kier alpha value is -2.37. The van der Waals surface area contributed by atoms with Crippen molar-refractivity contribution in [3.63, 3.8) is 0 Å². The lowest BCUT2D eigenvalue weighted by molar-refractivity contribution is -0.121. The molecule has 2 heterocycles. The summed E-state index contributed by atoms with van der Waals surface area (Å²) in [6.07, 6.45) is 9.82. The fourth-order valence-corrected chi connectivity index (χ4v) is 3.63. The number of nitrogens with zero attached hydrogens (tertiary/aromatic N) is 2. The summed E-state index contributed by atoms with van der Waals surface area (Å²) >= 11 is 0. The molecule has 1 fully saturated rings. The van der Waals surface area contributed by atoms with Crippen molar-refractivity contribution in [2.45, 2.75) is 64.3 Å². The quantitative estimate of drug-likeness (QED) is 0.714. The molecule has 140 valence electrons. The van der Waals surface area contributed by atoms with Crippen molar-refractivity contribution in [2.24, 2.45) is 0 Å². The molecule has 1 aliphatic rings. The third-order valence-corrected chi connectivity index (χ3v) is 5.01. The van der Waals surface area contributed by atoms with Gasteiger partial charge in [-0.15, -0.1) is 0 Å². The normalized spacial score (nSPS) is 14.7. The van der Waals surface area contributed by atoms with Gasteiger partial charge in [0.1, 0.15) is 11.3 Å². The number of nitrogens with one attached hydrogen (secondary N) is 2. The van der Waals surface area contributed by atoms with Gasteiger partial charge in [0.25, 0.3) is 5.91 Å². The van der Waals surface area contributed by atoms with Gasteiger partial charge in [0.15, 0.2) is 0 Å². The Balaban J connectivity index is 1.35. The van der Waals surface area contributed by atoms with Crippen LogP contribution in [0.5, 0.6) is 0 Å². The number of hydrogen-bond donors (Lipinski definition) is 2. The van der Waals surface area contributed by atoms with Crippen LogP contribution in [0.2, 0.25) is 0 Å². The smallest absolute Gasteiger partial charge is 0.270 e. The van der Waals surface area contributed by atoms with Crippen molar-refractivity contribution in [2.75, 3.05) is 6.54 Å². The average Bonchev–Trinajstić information content (AvgIpc) is 3.24. The van der Waals surface area contributed by atoms with Crippen LogP contribution in [0.15, 0.2) is 24.4 Å². The van der Waals surface area contributed by atoms with E-state index >= 15 is 0 Å². The molecule has 26 heavy (non-hydrogen) atoms. The fourth-order valence-electron chi connectivity index (χ4n) is 3.63. The lowest BCUT2D eigenvalue weighted by atomic mass is 10.1. The molecule has 2 N–H and O–H groups in total. The van der Waals surface area contributed by atoms with Crippen molar-refractivity contribution in [3.8, 4) is 0 Å². The molecule has 0 radical (unpaired) electrons. The predicted molar refractivity (Wildman–Crippen MR) is 101 cm³/mol. The highest BCUT2D eigenvalue weighted by atomic mass is 16.2. The van der Waals surface area contributed by atoms with Crippen LogP contribution >= 0.6 is 0 Å². The number of aryl methyl sites for hydroxylation is 1. The van der Waals surface area contributed by atoms with Gasteiger partial charge in [-0.2, -0.15) is 0 Å². The summed E-state index contributed by atoms with van der Waals surface area (Å²) in [4.78, 5) is 28.7. The SMILES string of the molecule is Cc1nc2ccccn2c1C(=O)NCCCCCC(=O)NC1CCCC1. The van der Waals surface area contributed by atoms with Crippen molar-refractivity contribution in [1.29, 1.82) is 0 Å². The minimum Gasteiger partial charge on any atom is -0.353 e. The number of pyridine rings is 1. The van der Waals surface area contributed by atoms with Crippen LogP contribution in [0.4, 0.5) is 0 Å². The number of carbonyl (C=O) groups is 2. The molecular formula is C20H28N4O2. The number of amides is 2. The van der Waals surface area contributed by atoms with E-state index < -0.39 is 0 Å². The first-order valence-corrected chi connectivity index (χ1v) is 9.66. The maximum absolute atomic E-state index is 12.4. The van der Waals surface area contributed by atoms with Gasteiger partial charge in [0, 0.05) is 25.2 Å². The summed E-state index contributed by atoms with van der Waals surface area (Å²) in [5, 5.41) is 6.08. The van der Waals surface area contributed by atoms with Crippen LogP contribution in [-0.2, 0) is 4.79 Å². The van der Waals surface area contributed by atoms with Crippen LogP contribution in [0.1, 0.15) is 67.5 Å². The van der Waals surface area contributed by atoms with Crippen molar-refractivity contribution < 1.29 is 9.59 Å². The summed E-state index contributed by atoms with van der Waals surface area (Å²) < 4.78 is 1.82. The summed E-state index contributed by atoms with van der Waals surface area (Å²) in [6, 6.07) is 6.09. The van der Waals surface area contributed by atoms with Crippen molar-refractivity contribution in [3.05, 3.63) is 35.8 Å². The first-order valence-electron chi connectivity index (χ1n) is 9.66. The molecule has 0 bridgehead atoms. The number of fused-ring (bicyclic) bond motifs is 1. The van der Waals surface area contributed by atoms with E-state index in [9.17, 15) is 9.59 Å². The number of imidazole rings is 1. The van der Waals surface area contributed by atoms with Crippen LogP contribution in [0.3, 0.4) is 0 Å². The predicted octanol–water partition coefficient (Wildman–Crippen LogP) is 2.99. The van der Waals surface area contributed by atoms with Crippen LogP contribution in [0, 0.1) is 6.92 Å². The summed E-state index contributed by atoms with van der Waals surface area (Å²) in [5.41, 5.74) is 2.11. The minimum absolute atomic E-state index is 0.0971. The lowest BCUT2D eigenvalue weighted by Crippen LogP contribution is -2.32. The first kappa shape index (κ1) is 18.4. The van der Waals surface area contributed by atoms with Gasteiger partial charge in [-0.25, -0.2) is 4.98 Å². The third kappa shape index (κ3) is 4.62. The molecule has 1 aliphatic carbocycles. The van der Waals surface area contributed by atoms with E-state index in [4.69, 9.17) is 0 Å². The van der Waals surface area contributed by atoms with Gasteiger partial charge in [0.05, 0.1) is 5.69 Å². The number of carbonyl (C=O) groups excluding carboxylic acids is 2. The standard InChI is InChI=1S/C20H28N4O2/c1-15-19(24-14-8-6-11-17(24)22-15)20(26)21-13-7-2-3-12-18(25)23-16-9-4-5-10-16/h6,8,11,14,16H,2-5,7,9-10,12-13H2,1H3,(H,21,26)(H,23,25). The molecular weight excluding hydrogens is 328 g/mol. The van der Waals surface area contributed by atoms with E-state index in [1.165, 1.54) is 12.8 Å². The van der Waals surface area contributed by atoms with Crippen molar-refractivity contribution >= 4 is 17.5 Å². The zero-order chi connectivity index (χ0) is 18.4. The first-order chi connectivity index (χ1) is 12.6. The molecule has 0 unspecified atom stereocenters. The summed E-state index contributed by atoms with van der Waals surface area (Å²) in [6.45, 7) is 2.47. The molecule has 0 atom stereocenters. The van der Waals surface area contributed by atoms with Crippen molar-refractivity contribution in [1.82, 2.24) is 20.0 Å². The Labute approximate surface area is 154 Å². The molecule has 2 aromatic heterocycles. The molecule has 2 amide bonds. The summed E-state index contributed by atoms with van der Waals surface area (Å²) in [5.74, 6) is 0.0717. The lowest BCUT2D eigenvalue weighted by Gasteiger charge is -2.11. The second-order valence-electron chi connectivity index (χ2n) is 7.09. The summed E-state index contributed by atoms with van der Waals surface area (Å²) in [7, 11) is 0. The maximum atomic E-state index is 12.4. The Kier molecular flexibility index (Phi) is 6.26. The number of aromatic nitrogens is 2. The van der Waals surface area contributed by atoms with E-state index in [1.807, 2.05) is 35.7 Å². The van der Waals surface area contributed by atoms with E-state index in [1.54, 1.807) is 0 Å². The minimum atomic E-state index is -0.0971. The molecule has 0 aromatic carbocycles. The van der Waals surface area contributed by atoms with Gasteiger partial charge in [-0.3, -0.25) is 14.0 Å². The van der Waals surface area contributed by atoms with Gasteiger partial charge in [-0.1, -0.05) is 25.3 Å². The fraction of sp³-hybridized carbons (Fsp3) is 0.550. The van der Waals surface area contributed by atoms with E-state index in [2.05, 4.69) is 15.6 Å². The molecule has 6 heteroatoms. The molecule has 3 rings (SSSR count). The Morgan fingerprint density at radius 1 is 1.19 bits per heavy atom. The maximum Gasteiger partial charge on any atom is 0.270 e. The molecule has 0 saturated heterocycles. The van der Waals surface area contributed by atoms with Crippen LogP contribution in [-0.4, -0.2) is 33.8 Å². The molecule has 0 spiro atoms. The Bertz CT molecular complexity index is 762. The average molecular weight is 356 g/mol. The van der Waals surface area contributed by atoms with E-state index in [0.29, 0.717) is 24.7 Å². The molecule has 0 aliphatic heterocycles. The second kappa shape index (κ2) is 8.83. The highest BCUT2D eigenvalue weighted by molar-refractivity contribution is 5.94. The van der Waals surface area contributed by atoms with Gasteiger partial charge >= 0.3 is 0 Å². The number of rotatable bonds is 8. The van der Waals surface area contributed by atoms with Crippen LogP contribution < -0.4 is 10.6 Å². The molecule has 1 saturated carbocycles. The molecule has 2 aromatic rings. The zero-order valence-electron chi connectivity index (χ0n) is 15.5. The molecule has 6 nitrogen and oxygen atoms in total. The Morgan fingerprint density at radius 2 is 2.00 bits per heavy atom. The Morgan fingerprint density at radius 3 is 2.81 bits per heavy atom. The highest BCUT2D eigenvalue weighted by Gasteiger charge is 2.17. The van der Waals surface area contributed by atoms with Gasteiger partial charge in [0.2, 0.25) is 5.91 Å². The highest BCUT2D eigenvalue weighted by Crippen LogP contribution is 2.17. The largest absolute Gasteiger partial charge is 0.353 e. The monoisotopic (exact) mass is 356 g/mol. The second-order valence-corrected chi connectivity index (χ2v) is 7.09. The topological polar surface area (TPSA) is 75.5 Å². The van der Waals surface area contributed by atoms with E-state index in [0.717, 1.165) is 43.4 Å². The number of unbranched alkanes of at least 4 members (excludes halogenated alkanes) is 2. The third-order valence-electron chi connectivity index (χ3n) is 5.01. The number of hydrogen-bond acceptors (Lipinski definition) is 3.